The first kappa shape index (κ1) is 12.2. The van der Waals surface area contributed by atoms with Crippen molar-refractivity contribution in [2.24, 2.45) is 0 Å². The maximum atomic E-state index is 6.32. The topological polar surface area (TPSA) is 59.4 Å². The molecule has 3 rings (SSSR count). The average molecular weight is 276 g/mol. The Kier molecular flexibility index (Phi) is 3.21. The number of hydrogen-bond donors (Lipinski definition) is 1. The third kappa shape index (κ3) is 2.46. The summed E-state index contributed by atoms with van der Waals surface area (Å²) in [6.07, 6.45) is 3.21. The molecular weight excluding hydrogens is 262 g/mol. The first-order valence-electron chi connectivity index (χ1n) is 6.27. The van der Waals surface area contributed by atoms with Gasteiger partial charge in [0.25, 0.3) is 0 Å². The summed E-state index contributed by atoms with van der Waals surface area (Å²) in [7, 11) is 0. The van der Waals surface area contributed by atoms with E-state index in [2.05, 4.69) is 39.5 Å². The van der Waals surface area contributed by atoms with E-state index in [4.69, 9.17) is 11.6 Å². The van der Waals surface area contributed by atoms with Crippen molar-refractivity contribution < 1.29 is 0 Å². The van der Waals surface area contributed by atoms with E-state index in [0.29, 0.717) is 6.54 Å². The van der Waals surface area contributed by atoms with Crippen molar-refractivity contribution in [3.05, 3.63) is 40.8 Å². The fourth-order valence-electron chi connectivity index (χ4n) is 2.15. The molecule has 3 aromatic rings. The Balaban J connectivity index is 1.88. The molecule has 2 aromatic heterocycles. The van der Waals surface area contributed by atoms with E-state index in [9.17, 15) is 0 Å². The van der Waals surface area contributed by atoms with Gasteiger partial charge in [0.15, 0.2) is 6.33 Å². The highest BCUT2D eigenvalue weighted by Crippen LogP contribution is 2.25. The normalized spacial score (nSPS) is 11.3. The molecule has 0 aliphatic rings. The lowest BCUT2D eigenvalue weighted by Crippen LogP contribution is -2.05. The zero-order valence-corrected chi connectivity index (χ0v) is 11.4. The minimum absolute atomic E-state index is 0.673. The third-order valence-electron chi connectivity index (χ3n) is 3.20. The second-order valence-corrected chi connectivity index (χ2v) is 4.87. The predicted molar refractivity (Wildman–Crippen MR) is 74.2 cm³/mol. The number of benzene rings is 1. The van der Waals surface area contributed by atoms with Crippen LogP contribution in [-0.2, 0) is 19.4 Å². The number of aryl methyl sites for hydroxylation is 3. The Morgan fingerprint density at radius 2 is 2.21 bits per heavy atom. The maximum absolute atomic E-state index is 6.32. The number of tetrazole rings is 1. The largest absolute Gasteiger partial charge is 0.358 e. The minimum Gasteiger partial charge on any atom is -0.358 e. The second kappa shape index (κ2) is 5.01. The molecule has 5 nitrogen and oxygen atoms in total. The molecule has 0 aliphatic heterocycles. The molecule has 19 heavy (non-hydrogen) atoms. The number of H-pyrrole nitrogens is 1. The second-order valence-electron chi connectivity index (χ2n) is 4.46. The van der Waals surface area contributed by atoms with Crippen LogP contribution in [-0.4, -0.2) is 25.2 Å². The highest BCUT2D eigenvalue weighted by molar-refractivity contribution is 6.32. The van der Waals surface area contributed by atoms with E-state index in [0.717, 1.165) is 34.3 Å². The molecule has 0 saturated carbocycles. The summed E-state index contributed by atoms with van der Waals surface area (Å²) < 4.78 is 0. The van der Waals surface area contributed by atoms with Gasteiger partial charge in [0.05, 0.1) is 6.54 Å². The lowest BCUT2D eigenvalue weighted by molar-refractivity contribution is 0.522. The SMILES string of the molecule is CCc1cc2cc(Cl)c(CCn3ncnn3)cc2[nH]1. The quantitative estimate of drug-likeness (QED) is 0.796. The molecule has 0 fully saturated rings. The van der Waals surface area contributed by atoms with Crippen LogP contribution >= 0.6 is 11.6 Å². The molecule has 6 heteroatoms. The summed E-state index contributed by atoms with van der Waals surface area (Å²) in [6, 6.07) is 6.26. The monoisotopic (exact) mass is 275 g/mol. The molecule has 1 aromatic carbocycles. The van der Waals surface area contributed by atoms with Crippen LogP contribution in [0.25, 0.3) is 10.9 Å². The lowest BCUT2D eigenvalue weighted by Gasteiger charge is -2.04. The van der Waals surface area contributed by atoms with E-state index in [1.165, 1.54) is 12.0 Å². The molecule has 0 atom stereocenters. The van der Waals surface area contributed by atoms with Gasteiger partial charge in [-0.3, -0.25) is 0 Å². The highest BCUT2D eigenvalue weighted by atomic mass is 35.5. The van der Waals surface area contributed by atoms with Crippen LogP contribution < -0.4 is 0 Å². The molecular formula is C13H14ClN5. The fraction of sp³-hybridized carbons (Fsp3) is 0.308. The van der Waals surface area contributed by atoms with Crippen molar-refractivity contribution >= 4 is 22.5 Å². The van der Waals surface area contributed by atoms with Crippen LogP contribution in [0.1, 0.15) is 18.2 Å². The smallest absolute Gasteiger partial charge is 0.162 e. The molecule has 0 amide bonds. The number of halogens is 1. The van der Waals surface area contributed by atoms with Crippen molar-refractivity contribution in [1.29, 1.82) is 0 Å². The molecule has 0 radical (unpaired) electrons. The van der Waals surface area contributed by atoms with Gasteiger partial charge in [0.2, 0.25) is 0 Å². The number of rotatable bonds is 4. The molecule has 0 saturated heterocycles. The van der Waals surface area contributed by atoms with E-state index >= 15 is 0 Å². The molecule has 1 N–H and O–H groups in total. The predicted octanol–water partition coefficient (Wildman–Crippen LogP) is 2.61. The lowest BCUT2D eigenvalue weighted by atomic mass is 10.1. The fourth-order valence-corrected chi connectivity index (χ4v) is 2.42. The van der Waals surface area contributed by atoms with Gasteiger partial charge in [-0.25, -0.2) is 0 Å². The van der Waals surface area contributed by atoms with Crippen molar-refractivity contribution in [1.82, 2.24) is 25.2 Å². The Hall–Kier alpha value is -1.88. The number of aromatic amines is 1. The summed E-state index contributed by atoms with van der Waals surface area (Å²) in [6.45, 7) is 2.80. The Morgan fingerprint density at radius 3 is 2.95 bits per heavy atom. The summed E-state index contributed by atoms with van der Waals surface area (Å²) in [5.74, 6) is 0. The molecule has 0 aliphatic carbocycles. The first-order chi connectivity index (χ1) is 9.26. The Bertz CT molecular complexity index is 686. The van der Waals surface area contributed by atoms with Gasteiger partial charge < -0.3 is 4.98 Å². The van der Waals surface area contributed by atoms with Crippen LogP contribution in [0, 0.1) is 0 Å². The van der Waals surface area contributed by atoms with Crippen molar-refractivity contribution in [2.45, 2.75) is 26.3 Å². The van der Waals surface area contributed by atoms with Gasteiger partial charge in [-0.2, -0.15) is 4.80 Å². The van der Waals surface area contributed by atoms with E-state index in [1.54, 1.807) is 4.80 Å². The zero-order chi connectivity index (χ0) is 13.2. The average Bonchev–Trinajstić information content (AvgIpc) is 3.04. The standard InChI is InChI=1S/C13H14ClN5/c1-2-11-5-10-6-12(14)9(7-13(10)17-11)3-4-19-16-8-15-18-19/h5-8,17H,2-4H2,1H3. The van der Waals surface area contributed by atoms with Crippen LogP contribution in [0.5, 0.6) is 0 Å². The van der Waals surface area contributed by atoms with E-state index in [-0.39, 0.29) is 0 Å². The highest BCUT2D eigenvalue weighted by Gasteiger charge is 2.07. The number of hydrogen-bond acceptors (Lipinski definition) is 3. The number of fused-ring (bicyclic) bond motifs is 1. The molecule has 0 unspecified atom stereocenters. The van der Waals surface area contributed by atoms with Gasteiger partial charge >= 0.3 is 0 Å². The van der Waals surface area contributed by atoms with Crippen molar-refractivity contribution in [3.8, 4) is 0 Å². The maximum Gasteiger partial charge on any atom is 0.162 e. The first-order valence-corrected chi connectivity index (χ1v) is 6.65. The number of nitrogens with zero attached hydrogens (tertiary/aromatic N) is 4. The summed E-state index contributed by atoms with van der Waals surface area (Å²) in [5.41, 5.74) is 3.44. The zero-order valence-electron chi connectivity index (χ0n) is 10.6. The van der Waals surface area contributed by atoms with Crippen LogP contribution in [0.3, 0.4) is 0 Å². The summed E-state index contributed by atoms with van der Waals surface area (Å²) >= 11 is 6.32. The molecule has 0 bridgehead atoms. The van der Waals surface area contributed by atoms with Crippen molar-refractivity contribution in [2.75, 3.05) is 0 Å². The van der Waals surface area contributed by atoms with Gasteiger partial charge in [-0.05, 0) is 41.8 Å². The van der Waals surface area contributed by atoms with Crippen LogP contribution in [0.4, 0.5) is 0 Å². The Morgan fingerprint density at radius 1 is 1.32 bits per heavy atom. The van der Waals surface area contributed by atoms with Gasteiger partial charge in [0, 0.05) is 21.6 Å². The number of nitrogens with one attached hydrogen (secondary N) is 1. The molecule has 2 heterocycles. The van der Waals surface area contributed by atoms with Crippen LogP contribution in [0.15, 0.2) is 24.5 Å². The Labute approximate surface area is 115 Å². The van der Waals surface area contributed by atoms with E-state index < -0.39 is 0 Å². The van der Waals surface area contributed by atoms with Gasteiger partial charge in [0.1, 0.15) is 0 Å². The summed E-state index contributed by atoms with van der Waals surface area (Å²) in [5, 5.41) is 13.5. The van der Waals surface area contributed by atoms with E-state index in [1.807, 2.05) is 6.07 Å². The molecule has 98 valence electrons. The number of aromatic nitrogens is 5. The van der Waals surface area contributed by atoms with Crippen LogP contribution in [0.2, 0.25) is 5.02 Å². The summed E-state index contributed by atoms with van der Waals surface area (Å²) in [4.78, 5) is 4.96. The molecule has 0 spiro atoms. The minimum atomic E-state index is 0.673. The van der Waals surface area contributed by atoms with Gasteiger partial charge in [-0.15, -0.1) is 10.2 Å². The van der Waals surface area contributed by atoms with Gasteiger partial charge in [-0.1, -0.05) is 18.5 Å². The van der Waals surface area contributed by atoms with Crippen molar-refractivity contribution in [3.63, 3.8) is 0 Å². The third-order valence-corrected chi connectivity index (χ3v) is 3.55.